The van der Waals surface area contributed by atoms with Crippen LogP contribution in [0.15, 0.2) is 42.5 Å². The van der Waals surface area contributed by atoms with Gasteiger partial charge in [-0.15, -0.1) is 0 Å². The summed E-state index contributed by atoms with van der Waals surface area (Å²) in [4.78, 5) is 18.0. The number of halogens is 6. The number of benzene rings is 2. The van der Waals surface area contributed by atoms with Crippen molar-refractivity contribution in [3.05, 3.63) is 68.7 Å². The standard InChI is InChI=1S/C19H16Cl3F3N4O2/c1-29(2)17(30)27-26-15-5-10(3-4-14(15)22)16-9-18(31-28-16,19(23,24)25)11-6-12(20)8-13(21)7-11/h3-9,26,28H,1-2H3,(H,27,30). The fourth-order valence-corrected chi connectivity index (χ4v) is 3.47. The minimum atomic E-state index is -4.83. The van der Waals surface area contributed by atoms with Gasteiger partial charge in [0.1, 0.15) is 0 Å². The van der Waals surface area contributed by atoms with Crippen LogP contribution in [0.3, 0.4) is 0 Å². The number of alkyl halides is 3. The number of hydrogen-bond acceptors (Lipinski definition) is 4. The van der Waals surface area contributed by atoms with Gasteiger partial charge in [-0.3, -0.25) is 21.2 Å². The fourth-order valence-electron chi connectivity index (χ4n) is 2.78. The van der Waals surface area contributed by atoms with E-state index in [1.165, 1.54) is 29.2 Å². The highest BCUT2D eigenvalue weighted by molar-refractivity contribution is 6.34. The van der Waals surface area contributed by atoms with E-state index in [1.54, 1.807) is 14.1 Å². The number of hydroxylamine groups is 1. The molecule has 0 radical (unpaired) electrons. The van der Waals surface area contributed by atoms with Crippen LogP contribution in [-0.2, 0) is 10.4 Å². The van der Waals surface area contributed by atoms with E-state index in [9.17, 15) is 18.0 Å². The molecule has 0 fully saturated rings. The quantitative estimate of drug-likeness (QED) is 0.485. The van der Waals surface area contributed by atoms with Crippen molar-refractivity contribution in [3.8, 4) is 0 Å². The molecule has 166 valence electrons. The first-order valence-electron chi connectivity index (χ1n) is 8.66. The van der Waals surface area contributed by atoms with Crippen molar-refractivity contribution in [2.45, 2.75) is 11.8 Å². The van der Waals surface area contributed by atoms with Gasteiger partial charge in [0.2, 0.25) is 5.60 Å². The minimum absolute atomic E-state index is 0.0335. The predicted molar refractivity (Wildman–Crippen MR) is 114 cm³/mol. The van der Waals surface area contributed by atoms with Crippen molar-refractivity contribution in [2.24, 2.45) is 0 Å². The summed E-state index contributed by atoms with van der Waals surface area (Å²) in [6, 6.07) is 7.56. The summed E-state index contributed by atoms with van der Waals surface area (Å²) in [5, 5.41) is 0.309. The molecule has 1 aliphatic heterocycles. The molecular formula is C19H16Cl3F3N4O2. The van der Waals surface area contributed by atoms with Gasteiger partial charge in [0.25, 0.3) is 0 Å². The summed E-state index contributed by atoms with van der Waals surface area (Å²) in [6.45, 7) is 0. The number of carbonyl (C=O) groups excluding carboxylic acids is 1. The molecule has 31 heavy (non-hydrogen) atoms. The van der Waals surface area contributed by atoms with Crippen molar-refractivity contribution in [3.63, 3.8) is 0 Å². The molecule has 0 spiro atoms. The van der Waals surface area contributed by atoms with Gasteiger partial charge in [0.05, 0.1) is 16.4 Å². The molecule has 0 aromatic heterocycles. The Morgan fingerprint density at radius 2 is 1.74 bits per heavy atom. The normalized spacial score (nSPS) is 18.3. The third-order valence-electron chi connectivity index (χ3n) is 4.37. The molecule has 1 aliphatic rings. The minimum Gasteiger partial charge on any atom is -0.330 e. The first-order valence-corrected chi connectivity index (χ1v) is 9.80. The molecule has 2 aromatic rings. The molecule has 1 atom stereocenters. The average Bonchev–Trinajstić information content (AvgIpc) is 3.13. The monoisotopic (exact) mass is 494 g/mol. The Morgan fingerprint density at radius 3 is 2.32 bits per heavy atom. The highest BCUT2D eigenvalue weighted by Gasteiger charge is 2.59. The van der Waals surface area contributed by atoms with Gasteiger partial charge in [-0.2, -0.15) is 13.2 Å². The van der Waals surface area contributed by atoms with E-state index in [0.717, 1.165) is 18.2 Å². The van der Waals surface area contributed by atoms with Gasteiger partial charge in [0, 0.05) is 35.3 Å². The van der Waals surface area contributed by atoms with Crippen molar-refractivity contribution in [2.75, 3.05) is 19.5 Å². The van der Waals surface area contributed by atoms with Crippen LogP contribution in [0.25, 0.3) is 5.70 Å². The number of nitrogens with one attached hydrogen (secondary N) is 3. The Bertz CT molecular complexity index is 1030. The molecule has 1 heterocycles. The van der Waals surface area contributed by atoms with Crippen molar-refractivity contribution in [1.29, 1.82) is 0 Å². The molecule has 3 N–H and O–H groups in total. The SMILES string of the molecule is CN(C)C(=O)NNc1cc(C2=CC(c3cc(Cl)cc(Cl)c3)(C(F)(F)F)ON2)ccc1Cl. The van der Waals surface area contributed by atoms with Crippen LogP contribution in [0.5, 0.6) is 0 Å². The highest BCUT2D eigenvalue weighted by atomic mass is 35.5. The Labute approximate surface area is 190 Å². The Balaban J connectivity index is 2.00. The number of hydrazine groups is 1. The van der Waals surface area contributed by atoms with E-state index in [0.29, 0.717) is 5.56 Å². The summed E-state index contributed by atoms with van der Waals surface area (Å²) in [6.07, 6.45) is -3.94. The number of anilines is 1. The lowest BCUT2D eigenvalue weighted by molar-refractivity contribution is -0.269. The molecule has 12 heteroatoms. The summed E-state index contributed by atoms with van der Waals surface area (Å²) in [7, 11) is 3.08. The smallest absolute Gasteiger partial charge is 0.330 e. The van der Waals surface area contributed by atoms with Gasteiger partial charge >= 0.3 is 12.2 Å². The third kappa shape index (κ3) is 4.79. The van der Waals surface area contributed by atoms with E-state index in [4.69, 9.17) is 39.6 Å². The van der Waals surface area contributed by atoms with Crippen LogP contribution in [0, 0.1) is 0 Å². The van der Waals surface area contributed by atoms with E-state index in [1.807, 2.05) is 0 Å². The Kier molecular flexibility index (Phi) is 6.52. The molecule has 0 aliphatic carbocycles. The summed E-state index contributed by atoms with van der Waals surface area (Å²) in [5.41, 5.74) is 4.89. The number of urea groups is 1. The average molecular weight is 496 g/mol. The summed E-state index contributed by atoms with van der Waals surface area (Å²) < 4.78 is 42.3. The molecular weight excluding hydrogens is 480 g/mol. The maximum atomic E-state index is 14.1. The lowest BCUT2D eigenvalue weighted by Gasteiger charge is -2.28. The highest BCUT2D eigenvalue weighted by Crippen LogP contribution is 2.48. The largest absolute Gasteiger partial charge is 0.428 e. The lowest BCUT2D eigenvalue weighted by Crippen LogP contribution is -2.42. The zero-order valence-electron chi connectivity index (χ0n) is 16.1. The molecule has 3 rings (SSSR count). The topological polar surface area (TPSA) is 65.6 Å². The Hall–Kier alpha value is -2.33. The third-order valence-corrected chi connectivity index (χ3v) is 5.14. The van der Waals surface area contributed by atoms with Gasteiger partial charge in [-0.1, -0.05) is 40.9 Å². The number of carbonyl (C=O) groups is 1. The van der Waals surface area contributed by atoms with Crippen LogP contribution in [-0.4, -0.2) is 31.2 Å². The lowest BCUT2D eigenvalue weighted by atomic mass is 9.91. The zero-order chi connectivity index (χ0) is 23.0. The van der Waals surface area contributed by atoms with E-state index < -0.39 is 17.8 Å². The maximum Gasteiger partial charge on any atom is 0.428 e. The van der Waals surface area contributed by atoms with Crippen LogP contribution < -0.4 is 16.3 Å². The number of nitrogens with zero attached hydrogens (tertiary/aromatic N) is 1. The van der Waals surface area contributed by atoms with Crippen LogP contribution >= 0.6 is 34.8 Å². The second-order valence-electron chi connectivity index (χ2n) is 6.80. The van der Waals surface area contributed by atoms with Crippen LogP contribution in [0.4, 0.5) is 23.7 Å². The first kappa shape index (κ1) is 23.3. The molecule has 2 amide bonds. The molecule has 0 saturated heterocycles. The van der Waals surface area contributed by atoms with E-state index in [-0.39, 0.29) is 32.0 Å². The molecule has 0 saturated carbocycles. The molecule has 6 nitrogen and oxygen atoms in total. The summed E-state index contributed by atoms with van der Waals surface area (Å²) in [5.74, 6) is 0. The van der Waals surface area contributed by atoms with Crippen molar-refractivity contribution in [1.82, 2.24) is 15.8 Å². The van der Waals surface area contributed by atoms with Crippen LogP contribution in [0.1, 0.15) is 11.1 Å². The van der Waals surface area contributed by atoms with Gasteiger partial charge in [-0.25, -0.2) is 4.79 Å². The van der Waals surface area contributed by atoms with E-state index in [2.05, 4.69) is 16.3 Å². The van der Waals surface area contributed by atoms with Gasteiger partial charge in [-0.05, 0) is 36.4 Å². The van der Waals surface area contributed by atoms with Crippen LogP contribution in [0.2, 0.25) is 15.1 Å². The second kappa shape index (κ2) is 8.66. The summed E-state index contributed by atoms with van der Waals surface area (Å²) >= 11 is 17.9. The van der Waals surface area contributed by atoms with Crippen molar-refractivity contribution >= 4 is 52.2 Å². The number of rotatable bonds is 4. The molecule has 2 aromatic carbocycles. The zero-order valence-corrected chi connectivity index (χ0v) is 18.3. The van der Waals surface area contributed by atoms with Crippen molar-refractivity contribution < 1.29 is 22.8 Å². The number of hydrogen-bond donors (Lipinski definition) is 3. The maximum absolute atomic E-state index is 14.1. The first-order chi connectivity index (χ1) is 14.4. The second-order valence-corrected chi connectivity index (χ2v) is 8.08. The van der Waals surface area contributed by atoms with Gasteiger partial charge < -0.3 is 4.90 Å². The Morgan fingerprint density at radius 1 is 1.10 bits per heavy atom. The van der Waals surface area contributed by atoms with Gasteiger partial charge in [0.15, 0.2) is 0 Å². The molecule has 1 unspecified atom stereocenters. The number of amides is 2. The van der Waals surface area contributed by atoms with E-state index >= 15 is 0 Å². The fraction of sp³-hybridized carbons (Fsp3) is 0.211. The molecule has 0 bridgehead atoms. The predicted octanol–water partition coefficient (Wildman–Crippen LogP) is 5.58.